The van der Waals surface area contributed by atoms with Gasteiger partial charge in [0, 0.05) is 32.5 Å². The molecule has 5 heteroatoms. The maximum absolute atomic E-state index is 6.25. The fourth-order valence-corrected chi connectivity index (χ4v) is 2.37. The predicted molar refractivity (Wildman–Crippen MR) is 116 cm³/mol. The largest absolute Gasteiger partial charge is 0.512 e. The van der Waals surface area contributed by atoms with E-state index in [2.05, 4.69) is 48.1 Å². The van der Waals surface area contributed by atoms with E-state index in [1.165, 1.54) is 11.1 Å². The summed E-state index contributed by atoms with van der Waals surface area (Å²) in [6, 6.07) is 30.3. The summed E-state index contributed by atoms with van der Waals surface area (Å²) in [6.45, 7) is 13.6. The fourth-order valence-electron chi connectivity index (χ4n) is 2.37. The molecule has 0 fully saturated rings. The van der Waals surface area contributed by atoms with Crippen LogP contribution in [0.5, 0.6) is 0 Å². The van der Waals surface area contributed by atoms with Crippen LogP contribution in [-0.4, -0.2) is 9.97 Å². The molecule has 2 heterocycles. The van der Waals surface area contributed by atoms with Gasteiger partial charge in [0.05, 0.1) is 0 Å². The van der Waals surface area contributed by atoms with E-state index in [1.54, 1.807) is 12.4 Å². The number of benzene rings is 2. The van der Waals surface area contributed by atoms with Crippen LogP contribution in [0.15, 0.2) is 85.2 Å². The summed E-state index contributed by atoms with van der Waals surface area (Å²) in [6.07, 6.45) is 3.59. The number of pyridine rings is 2. The summed E-state index contributed by atoms with van der Waals surface area (Å²) in [5, 5.41) is 12.5. The van der Waals surface area contributed by atoms with Gasteiger partial charge in [0.2, 0.25) is 0 Å². The quantitative estimate of drug-likeness (QED) is 0.277. The van der Waals surface area contributed by atoms with Crippen LogP contribution in [0.25, 0.3) is 22.5 Å². The van der Waals surface area contributed by atoms with Crippen molar-refractivity contribution in [3.63, 3.8) is 0 Å². The molecule has 0 amide bonds. The first kappa shape index (κ1) is 27.4. The van der Waals surface area contributed by atoms with Crippen molar-refractivity contribution in [3.05, 3.63) is 122 Å². The van der Waals surface area contributed by atoms with Gasteiger partial charge < -0.3 is 33.6 Å². The predicted octanol–water partition coefficient (Wildman–Crippen LogP) is 5.90. The maximum Gasteiger partial charge on any atom is 0.0160 e. The summed E-state index contributed by atoms with van der Waals surface area (Å²) < 4.78 is 0. The SMILES string of the molecule is Cc1c[c-]c(-c2ccccn2)cc1.Cc1c[c-]c(-c2ccccn2)cc1.[C-]#N.[C-]#N.[Ir]. The van der Waals surface area contributed by atoms with Crippen LogP contribution in [-0.2, 0) is 20.1 Å². The van der Waals surface area contributed by atoms with Gasteiger partial charge in [-0.05, 0) is 23.5 Å². The van der Waals surface area contributed by atoms with Gasteiger partial charge in [-0.25, -0.2) is 0 Å². The van der Waals surface area contributed by atoms with Crippen molar-refractivity contribution in [1.29, 1.82) is 10.5 Å². The molecular weight excluding hydrogens is 561 g/mol. The maximum atomic E-state index is 6.25. The van der Waals surface area contributed by atoms with E-state index >= 15 is 0 Å². The minimum Gasteiger partial charge on any atom is -0.512 e. The summed E-state index contributed by atoms with van der Waals surface area (Å²) in [7, 11) is 0. The van der Waals surface area contributed by atoms with Crippen molar-refractivity contribution in [3.8, 4) is 22.5 Å². The van der Waals surface area contributed by atoms with Gasteiger partial charge in [-0.15, -0.1) is 70.8 Å². The molecule has 0 saturated carbocycles. The van der Waals surface area contributed by atoms with Crippen molar-refractivity contribution < 1.29 is 20.1 Å². The summed E-state index contributed by atoms with van der Waals surface area (Å²) >= 11 is 0. The molecule has 0 spiro atoms. The standard InChI is InChI=1S/2C12H10N.2CN.Ir/c2*1-10-5-7-11(8-6-10)12-4-2-3-9-13-12;2*1-2;/h2*2-7,9H,1H3;;;/q4*-1;. The Kier molecular flexibility index (Phi) is 14.3. The Hall–Kier alpha value is -3.63. The Morgan fingerprint density at radius 1 is 0.613 bits per heavy atom. The minimum absolute atomic E-state index is 0. The number of hydrogen-bond acceptors (Lipinski definition) is 4. The van der Waals surface area contributed by atoms with Gasteiger partial charge in [0.1, 0.15) is 0 Å². The van der Waals surface area contributed by atoms with E-state index < -0.39 is 0 Å². The number of rotatable bonds is 2. The molecule has 2 aromatic carbocycles. The van der Waals surface area contributed by atoms with E-state index in [9.17, 15) is 0 Å². The molecule has 0 unspecified atom stereocenters. The molecule has 0 N–H and O–H groups in total. The van der Waals surface area contributed by atoms with Gasteiger partial charge >= 0.3 is 0 Å². The zero-order chi connectivity index (χ0) is 22.2. The van der Waals surface area contributed by atoms with Gasteiger partial charge in [-0.1, -0.05) is 38.1 Å². The molecule has 0 saturated heterocycles. The molecule has 0 bridgehead atoms. The molecule has 2 aromatic heterocycles. The van der Waals surface area contributed by atoms with E-state index in [4.69, 9.17) is 23.7 Å². The number of hydrogen-bond donors (Lipinski definition) is 0. The second kappa shape index (κ2) is 16.2. The van der Waals surface area contributed by atoms with Gasteiger partial charge in [0.25, 0.3) is 0 Å². The third kappa shape index (κ3) is 9.61. The Balaban J connectivity index is 0.000000487. The third-order valence-corrected chi connectivity index (χ3v) is 3.82. The van der Waals surface area contributed by atoms with Crippen LogP contribution < -0.4 is 0 Å². The second-order valence-corrected chi connectivity index (χ2v) is 5.99. The Labute approximate surface area is 198 Å². The van der Waals surface area contributed by atoms with E-state index in [0.29, 0.717) is 0 Å². The first-order valence-electron chi connectivity index (χ1n) is 8.96. The molecule has 0 aliphatic rings. The van der Waals surface area contributed by atoms with Crippen LogP contribution in [0.4, 0.5) is 0 Å². The molecule has 1 radical (unpaired) electrons. The molecule has 4 aromatic rings. The van der Waals surface area contributed by atoms with Crippen LogP contribution in [0.1, 0.15) is 11.1 Å². The van der Waals surface area contributed by atoms with Crippen molar-refractivity contribution in [2.45, 2.75) is 13.8 Å². The minimum atomic E-state index is 0. The van der Waals surface area contributed by atoms with Crippen molar-refractivity contribution >= 4 is 0 Å². The molecular formula is C26H20IrN4-4. The Morgan fingerprint density at radius 3 is 1.26 bits per heavy atom. The van der Waals surface area contributed by atoms with E-state index in [0.717, 1.165) is 22.5 Å². The zero-order valence-corrected chi connectivity index (χ0v) is 19.6. The number of aryl methyl sites for hydroxylation is 2. The smallest absolute Gasteiger partial charge is 0.0160 e. The van der Waals surface area contributed by atoms with E-state index in [-0.39, 0.29) is 20.1 Å². The first-order chi connectivity index (χ1) is 14.7. The van der Waals surface area contributed by atoms with Crippen molar-refractivity contribution in [1.82, 2.24) is 9.97 Å². The topological polar surface area (TPSA) is 73.4 Å². The van der Waals surface area contributed by atoms with Crippen molar-refractivity contribution in [2.75, 3.05) is 0 Å². The third-order valence-electron chi connectivity index (χ3n) is 3.82. The molecule has 0 aliphatic carbocycles. The normalized spacial score (nSPS) is 8.45. The number of nitrogens with zero attached hydrogens (tertiary/aromatic N) is 4. The average molecular weight is 581 g/mol. The van der Waals surface area contributed by atoms with Gasteiger partial charge in [0.15, 0.2) is 0 Å². The van der Waals surface area contributed by atoms with Crippen LogP contribution >= 0.6 is 0 Å². The molecule has 0 atom stereocenters. The molecule has 157 valence electrons. The average Bonchev–Trinajstić information content (AvgIpc) is 2.84. The monoisotopic (exact) mass is 581 g/mol. The second-order valence-electron chi connectivity index (χ2n) is 5.99. The van der Waals surface area contributed by atoms with Crippen LogP contribution in [0.2, 0.25) is 0 Å². The molecule has 0 aliphatic heterocycles. The summed E-state index contributed by atoms with van der Waals surface area (Å²) in [5.74, 6) is 0. The molecule has 4 nitrogen and oxygen atoms in total. The van der Waals surface area contributed by atoms with Gasteiger partial charge in [-0.2, -0.15) is 0 Å². The van der Waals surface area contributed by atoms with Crippen LogP contribution in [0, 0.1) is 49.6 Å². The summed E-state index contributed by atoms with van der Waals surface area (Å²) in [5.41, 5.74) is 6.49. The number of aromatic nitrogens is 2. The first-order valence-corrected chi connectivity index (χ1v) is 8.96. The molecule has 31 heavy (non-hydrogen) atoms. The van der Waals surface area contributed by atoms with Crippen molar-refractivity contribution in [2.24, 2.45) is 0 Å². The zero-order valence-electron chi connectivity index (χ0n) is 17.2. The molecule has 4 rings (SSSR count). The van der Waals surface area contributed by atoms with Gasteiger partial charge in [-0.3, -0.25) is 0 Å². The Bertz CT molecular complexity index is 924. The summed E-state index contributed by atoms with van der Waals surface area (Å²) in [4.78, 5) is 8.49. The van der Waals surface area contributed by atoms with E-state index in [1.807, 2.05) is 60.7 Å². The van der Waals surface area contributed by atoms with Crippen LogP contribution in [0.3, 0.4) is 0 Å². The Morgan fingerprint density at radius 2 is 1.00 bits per heavy atom. The fraction of sp³-hybridized carbons (Fsp3) is 0.0769.